The first-order valence-corrected chi connectivity index (χ1v) is 6.34. The van der Waals surface area contributed by atoms with Gasteiger partial charge in [0.15, 0.2) is 0 Å². The molecule has 0 atom stereocenters. The van der Waals surface area contributed by atoms with E-state index in [-0.39, 0.29) is 11.7 Å². The molecule has 1 aromatic carbocycles. The van der Waals surface area contributed by atoms with Gasteiger partial charge in [0.25, 0.3) is 5.91 Å². The van der Waals surface area contributed by atoms with E-state index in [1.54, 1.807) is 24.3 Å². The number of fused-ring (bicyclic) bond motifs is 1. The molecule has 0 aliphatic heterocycles. The molecule has 0 fully saturated rings. The lowest BCUT2D eigenvalue weighted by Gasteiger charge is -1.97. The molecule has 1 heterocycles. The summed E-state index contributed by atoms with van der Waals surface area (Å²) in [5, 5.41) is 3.62. The fourth-order valence-electron chi connectivity index (χ4n) is 1.54. The Morgan fingerprint density at radius 2 is 2.22 bits per heavy atom. The van der Waals surface area contributed by atoms with Crippen molar-refractivity contribution in [3.8, 4) is 0 Å². The van der Waals surface area contributed by atoms with E-state index in [4.69, 9.17) is 5.73 Å². The predicted molar refractivity (Wildman–Crippen MR) is 72.3 cm³/mol. The quantitative estimate of drug-likeness (QED) is 0.832. The fraction of sp³-hybridized carbons (Fsp3) is 0.154. The predicted octanol–water partition coefficient (Wildman–Crippen LogP) is 2.29. The van der Waals surface area contributed by atoms with E-state index in [0.29, 0.717) is 18.0 Å². The first kappa shape index (κ1) is 12.7. The zero-order chi connectivity index (χ0) is 13.0. The Bertz CT molecular complexity index is 592. The summed E-state index contributed by atoms with van der Waals surface area (Å²) in [7, 11) is 0. The standard InChI is InChI=1S/C13H13FN2OS/c14-10-4-3-9-7-12(18-11(9)8-10)13(17)16-6-2-1-5-15/h1-4,7-8H,5-6,15H2,(H,16,17)/b2-1+. The van der Waals surface area contributed by atoms with Gasteiger partial charge in [-0.3, -0.25) is 4.79 Å². The number of nitrogens with two attached hydrogens (primary N) is 1. The zero-order valence-corrected chi connectivity index (χ0v) is 10.5. The highest BCUT2D eigenvalue weighted by molar-refractivity contribution is 7.20. The molecule has 18 heavy (non-hydrogen) atoms. The second-order valence-electron chi connectivity index (χ2n) is 3.71. The second kappa shape index (κ2) is 5.75. The van der Waals surface area contributed by atoms with Crippen LogP contribution in [0.15, 0.2) is 36.4 Å². The van der Waals surface area contributed by atoms with Crippen molar-refractivity contribution < 1.29 is 9.18 Å². The Morgan fingerprint density at radius 3 is 3.00 bits per heavy atom. The molecule has 1 aromatic heterocycles. The van der Waals surface area contributed by atoms with Crippen LogP contribution < -0.4 is 11.1 Å². The Morgan fingerprint density at radius 1 is 1.39 bits per heavy atom. The van der Waals surface area contributed by atoms with Crippen LogP contribution in [0.4, 0.5) is 4.39 Å². The molecule has 94 valence electrons. The van der Waals surface area contributed by atoms with E-state index >= 15 is 0 Å². The van der Waals surface area contributed by atoms with Crippen molar-refractivity contribution in [3.63, 3.8) is 0 Å². The molecule has 5 heteroatoms. The smallest absolute Gasteiger partial charge is 0.261 e. The van der Waals surface area contributed by atoms with E-state index in [2.05, 4.69) is 5.32 Å². The number of hydrogen-bond donors (Lipinski definition) is 2. The largest absolute Gasteiger partial charge is 0.348 e. The lowest BCUT2D eigenvalue weighted by molar-refractivity contribution is 0.0962. The van der Waals surface area contributed by atoms with Crippen molar-refractivity contribution in [2.45, 2.75) is 0 Å². The van der Waals surface area contributed by atoms with Gasteiger partial charge < -0.3 is 11.1 Å². The highest BCUT2D eigenvalue weighted by atomic mass is 32.1. The minimum absolute atomic E-state index is 0.154. The van der Waals surface area contributed by atoms with Crippen molar-refractivity contribution in [1.29, 1.82) is 0 Å². The van der Waals surface area contributed by atoms with Gasteiger partial charge in [-0.15, -0.1) is 11.3 Å². The summed E-state index contributed by atoms with van der Waals surface area (Å²) in [6.45, 7) is 0.899. The van der Waals surface area contributed by atoms with Crippen molar-refractivity contribution in [3.05, 3.63) is 47.1 Å². The molecule has 0 unspecified atom stereocenters. The van der Waals surface area contributed by atoms with Crippen LogP contribution in [0.2, 0.25) is 0 Å². The summed E-state index contributed by atoms with van der Waals surface area (Å²) >= 11 is 1.28. The zero-order valence-electron chi connectivity index (χ0n) is 9.65. The van der Waals surface area contributed by atoms with Crippen LogP contribution in [0.3, 0.4) is 0 Å². The Hall–Kier alpha value is -1.72. The maximum atomic E-state index is 13.0. The van der Waals surface area contributed by atoms with Gasteiger partial charge in [-0.05, 0) is 23.6 Å². The minimum Gasteiger partial charge on any atom is -0.348 e. The van der Waals surface area contributed by atoms with E-state index in [0.717, 1.165) is 10.1 Å². The molecule has 0 saturated carbocycles. The molecule has 0 aliphatic carbocycles. The van der Waals surface area contributed by atoms with Crippen LogP contribution in [-0.2, 0) is 0 Å². The second-order valence-corrected chi connectivity index (χ2v) is 4.79. The molecule has 2 aromatic rings. The number of carbonyl (C=O) groups excluding carboxylic acids is 1. The van der Waals surface area contributed by atoms with Crippen LogP contribution in [-0.4, -0.2) is 19.0 Å². The van der Waals surface area contributed by atoms with Crippen molar-refractivity contribution >= 4 is 27.3 Å². The first-order valence-electron chi connectivity index (χ1n) is 5.53. The number of rotatable bonds is 4. The van der Waals surface area contributed by atoms with E-state index in [1.165, 1.54) is 23.5 Å². The molecular weight excluding hydrogens is 251 g/mol. The molecule has 0 aliphatic rings. The highest BCUT2D eigenvalue weighted by Crippen LogP contribution is 2.26. The number of thiophene rings is 1. The molecule has 0 radical (unpaired) electrons. The third-order valence-corrected chi connectivity index (χ3v) is 3.49. The van der Waals surface area contributed by atoms with Gasteiger partial charge in [-0.2, -0.15) is 0 Å². The molecule has 0 spiro atoms. The minimum atomic E-state index is -0.290. The summed E-state index contributed by atoms with van der Waals surface area (Å²) in [6.07, 6.45) is 3.57. The fourth-order valence-corrected chi connectivity index (χ4v) is 2.54. The third-order valence-electron chi connectivity index (χ3n) is 2.39. The van der Waals surface area contributed by atoms with Crippen molar-refractivity contribution in [2.24, 2.45) is 5.73 Å². The number of benzene rings is 1. The van der Waals surface area contributed by atoms with Gasteiger partial charge in [0, 0.05) is 17.8 Å². The third kappa shape index (κ3) is 2.94. The SMILES string of the molecule is NC/C=C/CNC(=O)c1cc2ccc(F)cc2s1. The van der Waals surface area contributed by atoms with Crippen LogP contribution in [0, 0.1) is 5.82 Å². The van der Waals surface area contributed by atoms with Gasteiger partial charge in [-0.25, -0.2) is 4.39 Å². The average molecular weight is 264 g/mol. The molecular formula is C13H13FN2OS. The topological polar surface area (TPSA) is 55.1 Å². The molecule has 0 saturated heterocycles. The number of nitrogens with one attached hydrogen (secondary N) is 1. The van der Waals surface area contributed by atoms with E-state index in [9.17, 15) is 9.18 Å². The van der Waals surface area contributed by atoms with Crippen LogP contribution in [0.1, 0.15) is 9.67 Å². The Kier molecular flexibility index (Phi) is 4.07. The monoisotopic (exact) mass is 264 g/mol. The van der Waals surface area contributed by atoms with Gasteiger partial charge in [0.2, 0.25) is 0 Å². The van der Waals surface area contributed by atoms with Crippen molar-refractivity contribution in [1.82, 2.24) is 5.32 Å². The molecule has 2 rings (SSSR count). The van der Waals surface area contributed by atoms with Gasteiger partial charge in [0.1, 0.15) is 5.82 Å². The lowest BCUT2D eigenvalue weighted by Crippen LogP contribution is -2.22. The molecule has 1 amide bonds. The summed E-state index contributed by atoms with van der Waals surface area (Å²) in [5.41, 5.74) is 5.29. The van der Waals surface area contributed by atoms with Crippen LogP contribution in [0.25, 0.3) is 10.1 Å². The molecule has 3 N–H and O–H groups in total. The van der Waals surface area contributed by atoms with Gasteiger partial charge in [-0.1, -0.05) is 18.2 Å². The maximum absolute atomic E-state index is 13.0. The summed E-state index contributed by atoms with van der Waals surface area (Å²) in [4.78, 5) is 12.4. The maximum Gasteiger partial charge on any atom is 0.261 e. The number of hydrogen-bond acceptors (Lipinski definition) is 3. The van der Waals surface area contributed by atoms with Gasteiger partial charge >= 0.3 is 0 Å². The summed E-state index contributed by atoms with van der Waals surface area (Å²) < 4.78 is 13.8. The first-order chi connectivity index (χ1) is 8.70. The Balaban J connectivity index is 2.11. The molecule has 0 bridgehead atoms. The van der Waals surface area contributed by atoms with Crippen LogP contribution >= 0.6 is 11.3 Å². The number of carbonyl (C=O) groups is 1. The van der Waals surface area contributed by atoms with E-state index in [1.807, 2.05) is 0 Å². The Labute approximate surface area is 108 Å². The number of halogens is 1. The highest BCUT2D eigenvalue weighted by Gasteiger charge is 2.09. The normalized spacial score (nSPS) is 11.2. The van der Waals surface area contributed by atoms with Gasteiger partial charge in [0.05, 0.1) is 4.88 Å². The van der Waals surface area contributed by atoms with E-state index < -0.39 is 0 Å². The summed E-state index contributed by atoms with van der Waals surface area (Å²) in [5.74, 6) is -0.444. The molecule has 3 nitrogen and oxygen atoms in total. The lowest BCUT2D eigenvalue weighted by atomic mass is 10.2. The average Bonchev–Trinajstić information content (AvgIpc) is 2.77. The number of amides is 1. The van der Waals surface area contributed by atoms with Crippen LogP contribution in [0.5, 0.6) is 0 Å². The van der Waals surface area contributed by atoms with Crippen molar-refractivity contribution in [2.75, 3.05) is 13.1 Å². The summed E-state index contributed by atoms with van der Waals surface area (Å²) in [6, 6.07) is 6.26.